The number of Topliss-reactive ketones (excluding diaryl/α,β-unsaturated/α-hetero) is 5. The van der Waals surface area contributed by atoms with E-state index in [2.05, 4.69) is 102 Å². The second kappa shape index (κ2) is 50.2. The number of allylic oxidation sites excluding steroid dienone is 9. The lowest BCUT2D eigenvalue weighted by Gasteiger charge is -2.36. The van der Waals surface area contributed by atoms with Crippen LogP contribution in [-0.4, -0.2) is 117 Å². The lowest BCUT2D eigenvalue weighted by molar-refractivity contribution is -0.108. The topological polar surface area (TPSA) is 403 Å². The quantitative estimate of drug-likeness (QED) is 0.00409. The maximum atomic E-state index is 12.7. The largest absolute Gasteiger partial charge is 0.507 e. The molecule has 5 rings (SSSR count). The molecule has 5 aromatic heterocycles. The molecule has 0 aromatic carbocycles. The summed E-state index contributed by atoms with van der Waals surface area (Å²) < 4.78 is 44.5. The van der Waals surface area contributed by atoms with Crippen molar-refractivity contribution in [2.24, 2.45) is 5.92 Å². The zero-order valence-electron chi connectivity index (χ0n) is 79.2. The minimum absolute atomic E-state index is 0.0348. The van der Waals surface area contributed by atoms with E-state index in [1.165, 1.54) is 37.3 Å². The average Bonchev–Trinajstić information content (AvgIpc) is 0.800. The van der Waals surface area contributed by atoms with E-state index in [1.807, 2.05) is 48.5 Å². The van der Waals surface area contributed by atoms with Crippen LogP contribution in [0.3, 0.4) is 0 Å². The molecule has 5 heterocycles. The van der Waals surface area contributed by atoms with E-state index in [-0.39, 0.29) is 96.9 Å². The van der Waals surface area contributed by atoms with Gasteiger partial charge in [-0.05, 0) is 166 Å². The van der Waals surface area contributed by atoms with Crippen LogP contribution in [0.15, 0.2) is 135 Å². The van der Waals surface area contributed by atoms with Crippen LogP contribution in [0.5, 0.6) is 28.7 Å². The summed E-state index contributed by atoms with van der Waals surface area (Å²) in [5.41, 5.74) is -2.07. The highest BCUT2D eigenvalue weighted by Crippen LogP contribution is 2.40. The number of hydrogen-bond acceptors (Lipinski definition) is 25. The van der Waals surface area contributed by atoms with Gasteiger partial charge in [0.1, 0.15) is 91.7 Å². The third kappa shape index (κ3) is 35.5. The Labute approximate surface area is 730 Å². The fourth-order valence-corrected chi connectivity index (χ4v) is 14.1. The van der Waals surface area contributed by atoms with Crippen molar-refractivity contribution in [3.05, 3.63) is 197 Å². The van der Waals surface area contributed by atoms with Crippen LogP contribution in [0.4, 0.5) is 0 Å². The van der Waals surface area contributed by atoms with Crippen LogP contribution < -0.4 is 28.1 Å². The second-order valence-electron chi connectivity index (χ2n) is 36.8. The van der Waals surface area contributed by atoms with Crippen LogP contribution in [-0.2, 0) is 24.5 Å². The van der Waals surface area contributed by atoms with Gasteiger partial charge in [-0.25, -0.2) is 24.0 Å². The predicted molar refractivity (Wildman–Crippen MR) is 492 cm³/mol. The van der Waals surface area contributed by atoms with Gasteiger partial charge in [-0.15, -0.1) is 0 Å². The minimum Gasteiger partial charge on any atom is -0.507 e. The molecular weight excluding hydrogens is 1630 g/mol. The van der Waals surface area contributed by atoms with Crippen LogP contribution in [0.2, 0.25) is 54.4 Å². The van der Waals surface area contributed by atoms with Gasteiger partial charge in [0, 0.05) is 105 Å². The maximum Gasteiger partial charge on any atom is 0.351 e. The Morgan fingerprint density at radius 3 is 0.935 bits per heavy atom. The third-order valence-electron chi connectivity index (χ3n) is 22.3. The molecule has 6 unspecified atom stereocenters. The molecule has 0 aliphatic heterocycles. The number of aliphatic hydroxyl groups excluding tert-OH is 1. The highest BCUT2D eigenvalue weighted by atomic mass is 28.4. The molecule has 0 aliphatic rings. The summed E-state index contributed by atoms with van der Waals surface area (Å²) in [6.45, 7) is 63.6. The van der Waals surface area contributed by atoms with Gasteiger partial charge in [-0.1, -0.05) is 165 Å². The molecule has 0 spiro atoms. The molecule has 0 radical (unpaired) electrons. The summed E-state index contributed by atoms with van der Waals surface area (Å²) in [6.07, 6.45) is 14.4. The zero-order chi connectivity index (χ0) is 95.1. The number of aliphatic hydroxyl groups is 1. The normalized spacial score (nSPS) is 13.5. The Morgan fingerprint density at radius 1 is 0.407 bits per heavy atom. The van der Waals surface area contributed by atoms with Gasteiger partial charge in [0.15, 0.2) is 53.9 Å². The van der Waals surface area contributed by atoms with E-state index in [1.54, 1.807) is 85.8 Å². The summed E-state index contributed by atoms with van der Waals surface area (Å²) in [4.78, 5) is 131. The van der Waals surface area contributed by atoms with Gasteiger partial charge in [0.2, 0.25) is 0 Å². The molecule has 6 N–H and O–H groups in total. The SMILES string of the molecule is CC(C)=C/C=C(\C)C(=O)c1c(O)cc(C(C)CCC=O)oc1=O.CC(C)=C/C=C(\C)C(=O)c1c(O)cc(C(C)CCCO[Si](C)(C)C(C)(C)C)oc1=O.CC(C)=CC(O)C(C)C(=O)c1c(O)cc(C(C)CCCO[Si](C)(C)C(C)(C)C)oc1=O.CCC(=O)c1c(O)cc(C(C)CCCO[Si](C)(C)C(C)(C)C)oc1=O.CCC(=O)c1c(O)cc(CC)oc1=O. The Morgan fingerprint density at radius 2 is 0.683 bits per heavy atom. The molecule has 5 aromatic rings. The monoisotopic (exact) mass is 1770 g/mol. The molecule has 0 aliphatic carbocycles. The molecule has 6 atom stereocenters. The van der Waals surface area contributed by atoms with Gasteiger partial charge >= 0.3 is 28.1 Å². The molecular formula is C95H144O25Si3. The summed E-state index contributed by atoms with van der Waals surface area (Å²) in [5, 5.41) is 60.8. The second-order valence-corrected chi connectivity index (χ2v) is 51.2. The first-order valence-electron chi connectivity index (χ1n) is 42.4. The van der Waals surface area contributed by atoms with Crippen molar-refractivity contribution < 1.29 is 94.8 Å². The molecule has 0 saturated carbocycles. The number of ketones is 5. The Bertz CT molecular complexity index is 4860. The molecule has 28 heteroatoms. The van der Waals surface area contributed by atoms with Crippen molar-refractivity contribution >= 4 is 60.2 Å². The maximum absolute atomic E-state index is 12.7. The standard InChI is InChI=1S/C24H40O6Si.C24H38O5Si.C19H32O5Si.C18H22O5.C10H12O4/c1-15(2)13-18(25)17(4)22(27)21-19(26)14-20(30-23(21)28)16(3)11-10-12-29-31(8,9)24(5,6)7;1-16(2)12-13-18(4)22(26)21-19(25)15-20(29-23(21)27)17(3)11-10-14-28-30(8,9)24(5,6)7;1-8-14(20)17-15(21)12-16(24-18(17)22)13(2)10-9-11-23-25(6,7)19(3,4)5;1-11(2)7-8-13(4)17(21)16-14(20)10-15(23-18(16)22)12(3)6-5-9-19;1-3-6-5-8(12)9(7(11)4-2)10(13)14-6/h13-14,16-18,25-26H,10-12H2,1-9H3;12-13,15,17,25H,10-11,14H2,1-9H3;12-13,21H,8-11H2,1-7H3;7-10,12,20H,5-6H2,1-4H3;5,12H,3-4H2,1-2H3/b;18-13+;;13-8+;. The number of aromatic hydroxyl groups is 5. The number of hydrogen-bond donors (Lipinski definition) is 6. The van der Waals surface area contributed by atoms with E-state index in [0.29, 0.717) is 73.3 Å². The summed E-state index contributed by atoms with van der Waals surface area (Å²) in [7, 11) is -5.33. The number of aldehydes is 1. The Kier molecular flexibility index (Phi) is 45.7. The molecule has 686 valence electrons. The van der Waals surface area contributed by atoms with E-state index in [4.69, 9.17) is 35.4 Å². The lowest BCUT2D eigenvalue weighted by Crippen LogP contribution is -2.41. The zero-order valence-corrected chi connectivity index (χ0v) is 82.2. The fraction of sp³-hybridized carbons (Fsp3) is 0.568. The van der Waals surface area contributed by atoms with Crippen LogP contribution in [0.25, 0.3) is 0 Å². The Hall–Kier alpha value is -9.04. The van der Waals surface area contributed by atoms with Crippen LogP contribution in [0.1, 0.15) is 342 Å². The number of aryl methyl sites for hydroxylation is 1. The van der Waals surface area contributed by atoms with Gasteiger partial charge < -0.3 is 70.8 Å². The van der Waals surface area contributed by atoms with Crippen LogP contribution in [0, 0.1) is 5.92 Å². The first kappa shape index (κ1) is 112. The van der Waals surface area contributed by atoms with Crippen molar-refractivity contribution in [1.29, 1.82) is 0 Å². The van der Waals surface area contributed by atoms with Gasteiger partial charge in [-0.2, -0.15) is 0 Å². The van der Waals surface area contributed by atoms with E-state index >= 15 is 0 Å². The number of carbonyl (C=O) groups excluding carboxylic acids is 6. The van der Waals surface area contributed by atoms with E-state index < -0.39 is 111 Å². The molecule has 0 saturated heterocycles. The highest BCUT2D eigenvalue weighted by Gasteiger charge is 2.40. The van der Waals surface area contributed by atoms with Gasteiger partial charge in [0.05, 0.1) is 6.10 Å². The number of carbonyl (C=O) groups is 6. The lowest BCUT2D eigenvalue weighted by atomic mass is 9.93. The van der Waals surface area contributed by atoms with E-state index in [0.717, 1.165) is 61.5 Å². The Balaban J connectivity index is 0.000000783. The number of rotatable bonds is 37. The van der Waals surface area contributed by atoms with Crippen molar-refractivity contribution in [3.63, 3.8) is 0 Å². The van der Waals surface area contributed by atoms with Crippen molar-refractivity contribution in [3.8, 4) is 28.7 Å². The smallest absolute Gasteiger partial charge is 0.351 e. The van der Waals surface area contributed by atoms with Crippen molar-refractivity contribution in [2.45, 2.75) is 328 Å². The molecule has 123 heavy (non-hydrogen) atoms. The highest BCUT2D eigenvalue weighted by molar-refractivity contribution is 6.75. The predicted octanol–water partition coefficient (Wildman–Crippen LogP) is 21.6. The average molecular weight is 1770 g/mol. The van der Waals surface area contributed by atoms with Crippen LogP contribution >= 0.6 is 0 Å². The van der Waals surface area contributed by atoms with Crippen molar-refractivity contribution in [1.82, 2.24) is 0 Å². The van der Waals surface area contributed by atoms with E-state index in [9.17, 15) is 83.4 Å². The van der Waals surface area contributed by atoms with Gasteiger partial charge in [-0.3, -0.25) is 24.0 Å². The molecule has 0 amide bonds. The minimum atomic E-state index is -1.80. The summed E-state index contributed by atoms with van der Waals surface area (Å²) >= 11 is 0. The molecule has 0 bridgehead atoms. The van der Waals surface area contributed by atoms with Crippen molar-refractivity contribution in [2.75, 3.05) is 19.8 Å². The summed E-state index contributed by atoms with van der Waals surface area (Å²) in [5.74, 6) is -3.80. The third-order valence-corrected chi connectivity index (χ3v) is 35.9. The molecule has 0 fully saturated rings. The summed E-state index contributed by atoms with van der Waals surface area (Å²) in [6, 6.07) is 6.71. The molecule has 25 nitrogen and oxygen atoms in total. The fourth-order valence-electron chi connectivity index (χ4n) is 10.9. The van der Waals surface area contributed by atoms with Gasteiger partial charge in [0.25, 0.3) is 0 Å². The first-order valence-corrected chi connectivity index (χ1v) is 51.1. The first-order chi connectivity index (χ1) is 56.5.